The fourth-order valence-electron chi connectivity index (χ4n) is 1.56. The molecule has 0 aliphatic rings. The molecule has 102 valence electrons. The van der Waals surface area contributed by atoms with Crippen molar-refractivity contribution in [3.63, 3.8) is 0 Å². The van der Waals surface area contributed by atoms with Crippen molar-refractivity contribution in [3.8, 4) is 5.75 Å². The van der Waals surface area contributed by atoms with Gasteiger partial charge in [-0.3, -0.25) is 0 Å². The zero-order chi connectivity index (χ0) is 13.4. The molecule has 1 aromatic carbocycles. The van der Waals surface area contributed by atoms with Crippen LogP contribution in [0, 0.1) is 5.92 Å². The van der Waals surface area contributed by atoms with E-state index in [-0.39, 0.29) is 6.10 Å². The van der Waals surface area contributed by atoms with E-state index in [0.717, 1.165) is 18.8 Å². The van der Waals surface area contributed by atoms with Gasteiger partial charge in [0.1, 0.15) is 12.4 Å². The molecule has 0 aromatic heterocycles. The van der Waals surface area contributed by atoms with Crippen LogP contribution in [0.15, 0.2) is 24.3 Å². The Morgan fingerprint density at radius 1 is 1.17 bits per heavy atom. The van der Waals surface area contributed by atoms with Crippen LogP contribution in [-0.2, 0) is 11.3 Å². The Morgan fingerprint density at radius 2 is 1.89 bits per heavy atom. The van der Waals surface area contributed by atoms with Gasteiger partial charge in [0.05, 0.1) is 6.10 Å². The molecule has 0 spiro atoms. The molecule has 0 fully saturated rings. The van der Waals surface area contributed by atoms with Gasteiger partial charge in [0.2, 0.25) is 0 Å². The van der Waals surface area contributed by atoms with Crippen LogP contribution >= 0.6 is 0 Å². The Labute approximate surface area is 110 Å². The van der Waals surface area contributed by atoms with Gasteiger partial charge >= 0.3 is 0 Å². The van der Waals surface area contributed by atoms with Gasteiger partial charge in [-0.05, 0) is 25.5 Å². The van der Waals surface area contributed by atoms with Crippen LogP contribution in [0.1, 0.15) is 26.3 Å². The Kier molecular flexibility index (Phi) is 6.76. The van der Waals surface area contributed by atoms with Crippen LogP contribution in [0.3, 0.4) is 0 Å². The lowest BCUT2D eigenvalue weighted by Gasteiger charge is -2.15. The van der Waals surface area contributed by atoms with Crippen LogP contribution < -0.4 is 10.1 Å². The maximum atomic E-state index is 5.78. The molecule has 18 heavy (non-hydrogen) atoms. The second-order valence-corrected chi connectivity index (χ2v) is 4.99. The molecule has 0 aliphatic heterocycles. The minimum absolute atomic E-state index is 0.113. The maximum absolute atomic E-state index is 5.78. The van der Waals surface area contributed by atoms with Crippen molar-refractivity contribution in [2.45, 2.75) is 33.4 Å². The summed E-state index contributed by atoms with van der Waals surface area (Å²) in [5.41, 5.74) is 1.20. The summed E-state index contributed by atoms with van der Waals surface area (Å²) >= 11 is 0. The lowest BCUT2D eigenvalue weighted by Crippen LogP contribution is -2.20. The van der Waals surface area contributed by atoms with Crippen molar-refractivity contribution < 1.29 is 9.47 Å². The highest BCUT2D eigenvalue weighted by molar-refractivity contribution is 5.33. The third kappa shape index (κ3) is 5.52. The zero-order valence-corrected chi connectivity index (χ0v) is 11.9. The van der Waals surface area contributed by atoms with Crippen LogP contribution in [0.25, 0.3) is 0 Å². The third-order valence-electron chi connectivity index (χ3n) is 2.72. The predicted molar refractivity (Wildman–Crippen MR) is 75.0 cm³/mol. The summed E-state index contributed by atoms with van der Waals surface area (Å²) < 4.78 is 11.0. The number of methoxy groups -OCH3 is 1. The summed E-state index contributed by atoms with van der Waals surface area (Å²) in [5, 5.41) is 3.43. The standard InChI is InChI=1S/C15H25NO2/c1-12(2)9-16-10-14-7-5-6-8-15(14)18-11-13(3)17-4/h5-8,12-13,16H,9-11H2,1-4H3. The number of hydrogen-bond acceptors (Lipinski definition) is 3. The molecule has 0 aliphatic carbocycles. The van der Waals surface area contributed by atoms with E-state index in [1.807, 2.05) is 25.1 Å². The summed E-state index contributed by atoms with van der Waals surface area (Å²) in [7, 11) is 1.70. The largest absolute Gasteiger partial charge is 0.491 e. The summed E-state index contributed by atoms with van der Waals surface area (Å²) in [4.78, 5) is 0. The Morgan fingerprint density at radius 3 is 2.56 bits per heavy atom. The number of benzene rings is 1. The number of rotatable bonds is 8. The molecule has 0 radical (unpaired) electrons. The molecule has 1 unspecified atom stereocenters. The molecule has 1 atom stereocenters. The van der Waals surface area contributed by atoms with E-state index in [0.29, 0.717) is 12.5 Å². The third-order valence-corrected chi connectivity index (χ3v) is 2.72. The van der Waals surface area contributed by atoms with Gasteiger partial charge in [-0.1, -0.05) is 32.0 Å². The Balaban J connectivity index is 2.50. The average Bonchev–Trinajstić information content (AvgIpc) is 2.36. The molecule has 0 saturated carbocycles. The summed E-state index contributed by atoms with van der Waals surface area (Å²) in [6.45, 7) is 8.85. The smallest absolute Gasteiger partial charge is 0.123 e. The average molecular weight is 251 g/mol. The van der Waals surface area contributed by atoms with E-state index in [1.165, 1.54) is 5.56 Å². The van der Waals surface area contributed by atoms with Gasteiger partial charge in [0.25, 0.3) is 0 Å². The molecule has 1 N–H and O–H groups in total. The molecule has 0 amide bonds. The van der Waals surface area contributed by atoms with E-state index in [4.69, 9.17) is 9.47 Å². The first-order chi connectivity index (χ1) is 8.63. The van der Waals surface area contributed by atoms with E-state index >= 15 is 0 Å². The lowest BCUT2D eigenvalue weighted by atomic mass is 10.2. The minimum atomic E-state index is 0.113. The lowest BCUT2D eigenvalue weighted by molar-refractivity contribution is 0.0712. The monoisotopic (exact) mass is 251 g/mol. The molecule has 0 saturated heterocycles. The van der Waals surface area contributed by atoms with Crippen molar-refractivity contribution in [1.29, 1.82) is 0 Å². The highest BCUT2D eigenvalue weighted by atomic mass is 16.5. The van der Waals surface area contributed by atoms with E-state index in [1.54, 1.807) is 7.11 Å². The Hall–Kier alpha value is -1.06. The van der Waals surface area contributed by atoms with Crippen molar-refractivity contribution in [2.24, 2.45) is 5.92 Å². The fourth-order valence-corrected chi connectivity index (χ4v) is 1.56. The van der Waals surface area contributed by atoms with Crippen LogP contribution in [0.4, 0.5) is 0 Å². The maximum Gasteiger partial charge on any atom is 0.123 e. The zero-order valence-electron chi connectivity index (χ0n) is 11.9. The number of ether oxygens (including phenoxy) is 2. The van der Waals surface area contributed by atoms with E-state index < -0.39 is 0 Å². The highest BCUT2D eigenvalue weighted by Gasteiger charge is 2.05. The Bertz CT molecular complexity index is 339. The van der Waals surface area contributed by atoms with Gasteiger partial charge < -0.3 is 14.8 Å². The van der Waals surface area contributed by atoms with E-state index in [2.05, 4.69) is 25.2 Å². The normalized spacial score (nSPS) is 12.7. The second-order valence-electron chi connectivity index (χ2n) is 4.99. The predicted octanol–water partition coefficient (Wildman–Crippen LogP) is 2.85. The number of hydrogen-bond donors (Lipinski definition) is 1. The quantitative estimate of drug-likeness (QED) is 0.770. The fraction of sp³-hybridized carbons (Fsp3) is 0.600. The molecule has 3 heteroatoms. The number of nitrogens with one attached hydrogen (secondary N) is 1. The molecule has 3 nitrogen and oxygen atoms in total. The van der Waals surface area contributed by atoms with E-state index in [9.17, 15) is 0 Å². The van der Waals surface area contributed by atoms with Crippen LogP contribution in [-0.4, -0.2) is 26.4 Å². The summed E-state index contributed by atoms with van der Waals surface area (Å²) in [6, 6.07) is 8.15. The van der Waals surface area contributed by atoms with Crippen molar-refractivity contribution in [1.82, 2.24) is 5.32 Å². The van der Waals surface area contributed by atoms with Gasteiger partial charge in [-0.25, -0.2) is 0 Å². The molecular weight excluding hydrogens is 226 g/mol. The molecule has 0 heterocycles. The van der Waals surface area contributed by atoms with Gasteiger partial charge in [0, 0.05) is 19.2 Å². The molecular formula is C15H25NO2. The summed E-state index contributed by atoms with van der Waals surface area (Å²) in [5.74, 6) is 1.60. The molecule has 1 aromatic rings. The van der Waals surface area contributed by atoms with Gasteiger partial charge in [-0.15, -0.1) is 0 Å². The first-order valence-corrected chi connectivity index (χ1v) is 6.57. The summed E-state index contributed by atoms with van der Waals surface area (Å²) in [6.07, 6.45) is 0.113. The second kappa shape index (κ2) is 8.11. The van der Waals surface area contributed by atoms with Crippen LogP contribution in [0.2, 0.25) is 0 Å². The van der Waals surface area contributed by atoms with Crippen molar-refractivity contribution >= 4 is 0 Å². The topological polar surface area (TPSA) is 30.5 Å². The minimum Gasteiger partial charge on any atom is -0.491 e. The molecule has 1 rings (SSSR count). The van der Waals surface area contributed by atoms with Gasteiger partial charge in [-0.2, -0.15) is 0 Å². The van der Waals surface area contributed by atoms with Crippen molar-refractivity contribution in [2.75, 3.05) is 20.3 Å². The SMILES string of the molecule is COC(C)COc1ccccc1CNCC(C)C. The van der Waals surface area contributed by atoms with Gasteiger partial charge in [0.15, 0.2) is 0 Å². The number of para-hydroxylation sites is 1. The van der Waals surface area contributed by atoms with Crippen molar-refractivity contribution in [3.05, 3.63) is 29.8 Å². The molecule has 0 bridgehead atoms. The van der Waals surface area contributed by atoms with Crippen LogP contribution in [0.5, 0.6) is 5.75 Å². The first kappa shape index (κ1) is 15.0. The highest BCUT2D eigenvalue weighted by Crippen LogP contribution is 2.18. The first-order valence-electron chi connectivity index (χ1n) is 6.57.